The van der Waals surface area contributed by atoms with Gasteiger partial charge in [-0.25, -0.2) is 9.78 Å². The van der Waals surface area contributed by atoms with Crippen LogP contribution in [0.15, 0.2) is 12.3 Å². The largest absolute Gasteiger partial charge is 0.493 e. The second-order valence-corrected chi connectivity index (χ2v) is 2.64. The minimum atomic E-state index is -0.474. The molecule has 82 valence electrons. The van der Waals surface area contributed by atoms with E-state index in [0.717, 1.165) is 0 Å². The Labute approximate surface area is 88.0 Å². The number of hydrogen-bond donors (Lipinski definition) is 0. The van der Waals surface area contributed by atoms with E-state index >= 15 is 0 Å². The molecule has 0 unspecified atom stereocenters. The van der Waals surface area contributed by atoms with Gasteiger partial charge in [0.2, 0.25) is 0 Å². The summed E-state index contributed by atoms with van der Waals surface area (Å²) in [7, 11) is 3.00. The lowest BCUT2D eigenvalue weighted by Gasteiger charge is -2.07. The molecular formula is C10H13NO4. The zero-order chi connectivity index (χ0) is 11.3. The Hall–Kier alpha value is -1.78. The molecule has 0 saturated heterocycles. The highest BCUT2D eigenvalue weighted by Crippen LogP contribution is 2.25. The highest BCUT2D eigenvalue weighted by Gasteiger charge is 2.12. The Morgan fingerprint density at radius 2 is 2.00 bits per heavy atom. The van der Waals surface area contributed by atoms with Gasteiger partial charge in [-0.05, 0) is 6.92 Å². The van der Waals surface area contributed by atoms with E-state index in [1.54, 1.807) is 6.92 Å². The molecule has 1 heterocycles. The van der Waals surface area contributed by atoms with Crippen molar-refractivity contribution in [1.29, 1.82) is 0 Å². The van der Waals surface area contributed by atoms with E-state index in [4.69, 9.17) is 14.2 Å². The number of carbonyl (C=O) groups excluding carboxylic acids is 1. The topological polar surface area (TPSA) is 57.7 Å². The fraction of sp³-hybridized carbons (Fsp3) is 0.400. The number of nitrogens with zero attached hydrogens (tertiary/aromatic N) is 1. The average molecular weight is 211 g/mol. The molecule has 5 nitrogen and oxygen atoms in total. The summed E-state index contributed by atoms with van der Waals surface area (Å²) in [5.74, 6) is 0.458. The molecule has 0 radical (unpaired) electrons. The molecule has 0 amide bonds. The first kappa shape index (κ1) is 11.3. The van der Waals surface area contributed by atoms with Gasteiger partial charge in [0, 0.05) is 6.07 Å². The van der Waals surface area contributed by atoms with Crippen molar-refractivity contribution in [3.05, 3.63) is 18.0 Å². The van der Waals surface area contributed by atoms with Crippen LogP contribution < -0.4 is 9.47 Å². The molecule has 1 aromatic rings. The molecule has 0 atom stereocenters. The molecule has 1 aromatic heterocycles. The van der Waals surface area contributed by atoms with Crippen LogP contribution in [0.5, 0.6) is 11.5 Å². The molecule has 0 spiro atoms. The van der Waals surface area contributed by atoms with Crippen molar-refractivity contribution in [2.75, 3.05) is 20.8 Å². The lowest BCUT2D eigenvalue weighted by atomic mass is 10.3. The number of methoxy groups -OCH3 is 2. The van der Waals surface area contributed by atoms with E-state index < -0.39 is 5.97 Å². The quantitative estimate of drug-likeness (QED) is 0.702. The highest BCUT2D eigenvalue weighted by atomic mass is 16.5. The molecule has 0 aliphatic rings. The minimum absolute atomic E-state index is 0.203. The predicted octanol–water partition coefficient (Wildman–Crippen LogP) is 1.28. The molecule has 0 fully saturated rings. The smallest absolute Gasteiger partial charge is 0.357 e. The van der Waals surface area contributed by atoms with Crippen LogP contribution in [-0.2, 0) is 4.74 Å². The zero-order valence-corrected chi connectivity index (χ0v) is 8.94. The van der Waals surface area contributed by atoms with E-state index in [0.29, 0.717) is 18.1 Å². The van der Waals surface area contributed by atoms with Gasteiger partial charge in [-0.1, -0.05) is 0 Å². The van der Waals surface area contributed by atoms with Gasteiger partial charge < -0.3 is 14.2 Å². The summed E-state index contributed by atoms with van der Waals surface area (Å²) in [5.41, 5.74) is 0.203. The Kier molecular flexibility index (Phi) is 3.91. The molecule has 0 bridgehead atoms. The van der Waals surface area contributed by atoms with Crippen molar-refractivity contribution >= 4 is 5.97 Å². The molecule has 0 aliphatic carbocycles. The molecule has 0 aromatic carbocycles. The van der Waals surface area contributed by atoms with Gasteiger partial charge in [-0.15, -0.1) is 0 Å². The monoisotopic (exact) mass is 211 g/mol. The van der Waals surface area contributed by atoms with Crippen LogP contribution in [0.3, 0.4) is 0 Å². The third-order valence-electron chi connectivity index (χ3n) is 1.76. The van der Waals surface area contributed by atoms with Crippen LogP contribution in [0.4, 0.5) is 0 Å². The van der Waals surface area contributed by atoms with Crippen LogP contribution in [0.2, 0.25) is 0 Å². The number of hydrogen-bond acceptors (Lipinski definition) is 5. The van der Waals surface area contributed by atoms with E-state index in [1.165, 1.54) is 26.5 Å². The van der Waals surface area contributed by atoms with Crippen LogP contribution >= 0.6 is 0 Å². The highest BCUT2D eigenvalue weighted by molar-refractivity contribution is 5.87. The lowest BCUT2D eigenvalue weighted by molar-refractivity contribution is 0.0519. The number of aromatic nitrogens is 1. The summed E-state index contributed by atoms with van der Waals surface area (Å²) in [6, 6.07) is 1.48. The first-order chi connectivity index (χ1) is 7.22. The SMILES string of the molecule is CCOC(=O)c1cc(OC)c(OC)cn1. The number of esters is 1. The Balaban J connectivity index is 2.97. The van der Waals surface area contributed by atoms with Crippen molar-refractivity contribution in [2.24, 2.45) is 0 Å². The zero-order valence-electron chi connectivity index (χ0n) is 8.94. The molecule has 1 rings (SSSR count). The molecular weight excluding hydrogens is 198 g/mol. The van der Waals surface area contributed by atoms with Crippen molar-refractivity contribution in [3.8, 4) is 11.5 Å². The van der Waals surface area contributed by atoms with Gasteiger partial charge in [0.25, 0.3) is 0 Å². The standard InChI is InChI=1S/C10H13NO4/c1-4-15-10(12)7-5-8(13-2)9(14-3)6-11-7/h5-6H,4H2,1-3H3. The summed E-state index contributed by atoms with van der Waals surface area (Å²) in [4.78, 5) is 15.2. The number of ether oxygens (including phenoxy) is 3. The van der Waals surface area contributed by atoms with Crippen LogP contribution in [-0.4, -0.2) is 31.8 Å². The van der Waals surface area contributed by atoms with E-state index in [9.17, 15) is 4.79 Å². The van der Waals surface area contributed by atoms with E-state index in [2.05, 4.69) is 4.98 Å². The first-order valence-electron chi connectivity index (χ1n) is 4.48. The van der Waals surface area contributed by atoms with E-state index in [-0.39, 0.29) is 5.69 Å². The molecule has 0 N–H and O–H groups in total. The third kappa shape index (κ3) is 2.59. The maximum atomic E-state index is 11.3. The van der Waals surface area contributed by atoms with Crippen LogP contribution in [0.1, 0.15) is 17.4 Å². The van der Waals surface area contributed by atoms with Gasteiger partial charge in [-0.2, -0.15) is 0 Å². The summed E-state index contributed by atoms with van der Waals surface area (Å²) >= 11 is 0. The van der Waals surface area contributed by atoms with Crippen molar-refractivity contribution in [2.45, 2.75) is 6.92 Å². The Morgan fingerprint density at radius 3 is 2.53 bits per heavy atom. The molecule has 0 saturated carbocycles. The summed E-state index contributed by atoms with van der Waals surface area (Å²) in [5, 5.41) is 0. The van der Waals surface area contributed by atoms with Gasteiger partial charge in [0.15, 0.2) is 17.2 Å². The number of carbonyl (C=O) groups is 1. The second-order valence-electron chi connectivity index (χ2n) is 2.64. The third-order valence-corrected chi connectivity index (χ3v) is 1.76. The molecule has 15 heavy (non-hydrogen) atoms. The summed E-state index contributed by atoms with van der Waals surface area (Å²) < 4.78 is 14.8. The molecule has 5 heteroatoms. The van der Waals surface area contributed by atoms with Gasteiger partial charge in [-0.3, -0.25) is 0 Å². The van der Waals surface area contributed by atoms with Crippen LogP contribution in [0.25, 0.3) is 0 Å². The maximum absolute atomic E-state index is 11.3. The van der Waals surface area contributed by atoms with Gasteiger partial charge >= 0.3 is 5.97 Å². The summed E-state index contributed by atoms with van der Waals surface area (Å²) in [6.07, 6.45) is 1.42. The Morgan fingerprint density at radius 1 is 1.33 bits per heavy atom. The normalized spacial score (nSPS) is 9.53. The number of pyridine rings is 1. The first-order valence-corrected chi connectivity index (χ1v) is 4.48. The van der Waals surface area contributed by atoms with Crippen molar-refractivity contribution in [1.82, 2.24) is 4.98 Å². The lowest BCUT2D eigenvalue weighted by Crippen LogP contribution is -2.07. The van der Waals surface area contributed by atoms with Crippen LogP contribution in [0, 0.1) is 0 Å². The van der Waals surface area contributed by atoms with E-state index in [1.807, 2.05) is 0 Å². The summed E-state index contributed by atoms with van der Waals surface area (Å²) in [6.45, 7) is 2.05. The van der Waals surface area contributed by atoms with Crippen molar-refractivity contribution < 1.29 is 19.0 Å². The second kappa shape index (κ2) is 5.19. The Bertz CT molecular complexity index is 351. The number of rotatable bonds is 4. The molecule has 0 aliphatic heterocycles. The van der Waals surface area contributed by atoms with Gasteiger partial charge in [0.1, 0.15) is 0 Å². The fourth-order valence-electron chi connectivity index (χ4n) is 1.05. The average Bonchev–Trinajstić information content (AvgIpc) is 2.28. The predicted molar refractivity (Wildman–Crippen MR) is 53.3 cm³/mol. The van der Waals surface area contributed by atoms with Gasteiger partial charge in [0.05, 0.1) is 27.0 Å². The fourth-order valence-corrected chi connectivity index (χ4v) is 1.05. The maximum Gasteiger partial charge on any atom is 0.357 e. The minimum Gasteiger partial charge on any atom is -0.493 e. The van der Waals surface area contributed by atoms with Crippen molar-refractivity contribution in [3.63, 3.8) is 0 Å².